The Hall–Kier alpha value is -3.10. The van der Waals surface area contributed by atoms with Gasteiger partial charge in [0, 0.05) is 24.6 Å². The van der Waals surface area contributed by atoms with Gasteiger partial charge in [-0.3, -0.25) is 4.79 Å². The maximum atomic E-state index is 12.7. The fourth-order valence-electron chi connectivity index (χ4n) is 2.64. The molecule has 1 aromatic carbocycles. The third-order valence-electron chi connectivity index (χ3n) is 4.49. The fraction of sp³-hybridized carbons (Fsp3) is 0.381. The van der Waals surface area contributed by atoms with Gasteiger partial charge in [0.1, 0.15) is 11.5 Å². The lowest BCUT2D eigenvalue weighted by molar-refractivity contribution is -0.133. The van der Waals surface area contributed by atoms with Gasteiger partial charge in [-0.2, -0.15) is 13.2 Å². The van der Waals surface area contributed by atoms with E-state index in [2.05, 4.69) is 21.9 Å². The molecule has 1 aromatic heterocycles. The van der Waals surface area contributed by atoms with Crippen LogP contribution < -0.4 is 14.8 Å². The molecule has 0 unspecified atom stereocenters. The van der Waals surface area contributed by atoms with E-state index in [0.29, 0.717) is 22.9 Å². The van der Waals surface area contributed by atoms with Crippen LogP contribution in [0.15, 0.2) is 30.4 Å². The molecular weight excluding hydrogens is 399 g/mol. The molecule has 0 aliphatic heterocycles. The highest BCUT2D eigenvalue weighted by Crippen LogP contribution is 2.28. The number of methoxy groups -OCH3 is 2. The van der Waals surface area contributed by atoms with Crippen molar-refractivity contribution in [2.45, 2.75) is 39.4 Å². The Morgan fingerprint density at radius 3 is 2.40 bits per heavy atom. The first-order valence-corrected chi connectivity index (χ1v) is 9.15. The summed E-state index contributed by atoms with van der Waals surface area (Å²) in [6.45, 7) is 7.17. The molecule has 0 amide bonds. The fourth-order valence-corrected chi connectivity index (χ4v) is 2.64. The van der Waals surface area contributed by atoms with Crippen molar-refractivity contribution in [3.8, 4) is 11.5 Å². The molecule has 0 atom stereocenters. The van der Waals surface area contributed by atoms with E-state index in [4.69, 9.17) is 9.47 Å². The van der Waals surface area contributed by atoms with Gasteiger partial charge in [0.05, 0.1) is 25.6 Å². The molecular formula is C21H24F3N3O3. The van der Waals surface area contributed by atoms with Crippen LogP contribution in [0.5, 0.6) is 11.5 Å². The maximum absolute atomic E-state index is 12.7. The predicted octanol–water partition coefficient (Wildman–Crippen LogP) is 4.80. The van der Waals surface area contributed by atoms with Gasteiger partial charge in [0.15, 0.2) is 11.5 Å². The van der Waals surface area contributed by atoms with Gasteiger partial charge in [0.2, 0.25) is 5.78 Å². The number of ketones is 1. The summed E-state index contributed by atoms with van der Waals surface area (Å²) >= 11 is 0. The van der Waals surface area contributed by atoms with Gasteiger partial charge in [-0.25, -0.2) is 9.97 Å². The molecule has 0 fully saturated rings. The minimum atomic E-state index is -4.37. The standard InChI is InChI=1S/C21H24F3N3O3/c1-12(8-9-21(22,23)24)19(28)18-20(27-14(3)13(2)26-18)25-11-15-6-7-16(29-4)10-17(15)30-5/h6-7,10H,1,8-9,11H2,2-5H3,(H,25,27). The highest BCUT2D eigenvalue weighted by atomic mass is 19.4. The van der Waals surface area contributed by atoms with E-state index < -0.39 is 24.8 Å². The van der Waals surface area contributed by atoms with Crippen molar-refractivity contribution in [1.29, 1.82) is 0 Å². The van der Waals surface area contributed by atoms with Crippen molar-refractivity contribution in [1.82, 2.24) is 9.97 Å². The number of aromatic nitrogens is 2. The number of aryl methyl sites for hydroxylation is 2. The molecule has 0 spiro atoms. The molecule has 162 valence electrons. The molecule has 6 nitrogen and oxygen atoms in total. The third-order valence-corrected chi connectivity index (χ3v) is 4.49. The number of alkyl halides is 3. The quantitative estimate of drug-likeness (QED) is 0.461. The molecule has 2 rings (SSSR count). The number of anilines is 1. The SMILES string of the molecule is C=C(CCC(F)(F)F)C(=O)c1nc(C)c(C)nc1NCc1ccc(OC)cc1OC. The van der Waals surface area contributed by atoms with E-state index in [9.17, 15) is 18.0 Å². The largest absolute Gasteiger partial charge is 0.497 e. The molecule has 0 aliphatic rings. The minimum absolute atomic E-state index is 0.0576. The van der Waals surface area contributed by atoms with Crippen LogP contribution in [0, 0.1) is 13.8 Å². The van der Waals surface area contributed by atoms with Crippen LogP contribution in [-0.2, 0) is 6.54 Å². The van der Waals surface area contributed by atoms with Crippen molar-refractivity contribution in [3.63, 3.8) is 0 Å². The molecule has 0 aliphatic carbocycles. The van der Waals surface area contributed by atoms with E-state index in [1.54, 1.807) is 39.2 Å². The summed E-state index contributed by atoms with van der Waals surface area (Å²) < 4.78 is 48.0. The Labute approximate surface area is 173 Å². The summed E-state index contributed by atoms with van der Waals surface area (Å²) in [6.07, 6.45) is -5.99. The zero-order valence-electron chi connectivity index (χ0n) is 17.3. The number of hydrogen-bond donors (Lipinski definition) is 1. The number of ether oxygens (including phenoxy) is 2. The number of rotatable bonds is 9. The second kappa shape index (κ2) is 9.60. The van der Waals surface area contributed by atoms with Gasteiger partial charge in [-0.05, 0) is 38.0 Å². The molecule has 1 heterocycles. The van der Waals surface area contributed by atoms with Crippen LogP contribution in [-0.4, -0.2) is 36.1 Å². The van der Waals surface area contributed by atoms with Crippen molar-refractivity contribution >= 4 is 11.6 Å². The Morgan fingerprint density at radius 2 is 1.80 bits per heavy atom. The lowest BCUT2D eigenvalue weighted by atomic mass is 10.0. The lowest BCUT2D eigenvalue weighted by Gasteiger charge is -2.15. The number of allylic oxidation sites excluding steroid dienone is 1. The summed E-state index contributed by atoms with van der Waals surface area (Å²) in [5, 5.41) is 3.04. The average Bonchev–Trinajstić information content (AvgIpc) is 2.71. The molecule has 0 radical (unpaired) electrons. The number of Topliss-reactive ketones (excluding diaryl/α,β-unsaturated/α-hetero) is 1. The van der Waals surface area contributed by atoms with Crippen LogP contribution in [0.25, 0.3) is 0 Å². The normalized spacial score (nSPS) is 11.2. The van der Waals surface area contributed by atoms with Gasteiger partial charge in [-0.15, -0.1) is 0 Å². The number of benzene rings is 1. The van der Waals surface area contributed by atoms with Crippen LogP contribution >= 0.6 is 0 Å². The van der Waals surface area contributed by atoms with E-state index in [1.807, 2.05) is 0 Å². The smallest absolute Gasteiger partial charge is 0.389 e. The number of carbonyl (C=O) groups is 1. The van der Waals surface area contributed by atoms with Crippen LogP contribution in [0.4, 0.5) is 19.0 Å². The van der Waals surface area contributed by atoms with E-state index >= 15 is 0 Å². The van der Waals surface area contributed by atoms with Crippen LogP contribution in [0.1, 0.15) is 40.3 Å². The number of carbonyl (C=O) groups excluding carboxylic acids is 1. The molecule has 30 heavy (non-hydrogen) atoms. The van der Waals surface area contributed by atoms with Crippen molar-refractivity contribution in [2.75, 3.05) is 19.5 Å². The summed E-state index contributed by atoms with van der Waals surface area (Å²) in [4.78, 5) is 21.3. The predicted molar refractivity (Wildman–Crippen MR) is 107 cm³/mol. The number of hydrogen-bond acceptors (Lipinski definition) is 6. The van der Waals surface area contributed by atoms with Gasteiger partial charge >= 0.3 is 6.18 Å². The number of nitrogens with one attached hydrogen (secondary N) is 1. The van der Waals surface area contributed by atoms with Gasteiger partial charge in [0.25, 0.3) is 0 Å². The molecule has 9 heteroatoms. The van der Waals surface area contributed by atoms with Crippen LogP contribution in [0.2, 0.25) is 0 Å². The number of halogens is 3. The van der Waals surface area contributed by atoms with E-state index in [-0.39, 0.29) is 23.6 Å². The molecule has 0 saturated heterocycles. The molecule has 0 saturated carbocycles. The Bertz CT molecular complexity index is 943. The molecule has 1 N–H and O–H groups in total. The average molecular weight is 423 g/mol. The highest BCUT2D eigenvalue weighted by molar-refractivity contribution is 6.09. The maximum Gasteiger partial charge on any atom is 0.389 e. The zero-order valence-corrected chi connectivity index (χ0v) is 17.3. The monoisotopic (exact) mass is 423 g/mol. The third kappa shape index (κ3) is 5.95. The summed E-state index contributed by atoms with van der Waals surface area (Å²) in [6, 6.07) is 5.27. The first-order chi connectivity index (χ1) is 14.1. The van der Waals surface area contributed by atoms with Crippen molar-refractivity contribution in [3.05, 3.63) is 53.0 Å². The van der Waals surface area contributed by atoms with Gasteiger partial charge < -0.3 is 14.8 Å². The lowest BCUT2D eigenvalue weighted by Crippen LogP contribution is -2.16. The van der Waals surface area contributed by atoms with E-state index in [1.165, 1.54) is 7.11 Å². The second-order valence-corrected chi connectivity index (χ2v) is 6.67. The van der Waals surface area contributed by atoms with Crippen LogP contribution in [0.3, 0.4) is 0 Å². The van der Waals surface area contributed by atoms with Crippen molar-refractivity contribution in [2.24, 2.45) is 0 Å². The number of nitrogens with zero attached hydrogens (tertiary/aromatic N) is 2. The Morgan fingerprint density at radius 1 is 1.13 bits per heavy atom. The Kier molecular flexibility index (Phi) is 7.42. The zero-order chi connectivity index (χ0) is 22.5. The highest BCUT2D eigenvalue weighted by Gasteiger charge is 2.29. The molecule has 2 aromatic rings. The van der Waals surface area contributed by atoms with Gasteiger partial charge in [-0.1, -0.05) is 6.58 Å². The van der Waals surface area contributed by atoms with Crippen molar-refractivity contribution < 1.29 is 27.4 Å². The Balaban J connectivity index is 2.27. The summed E-state index contributed by atoms with van der Waals surface area (Å²) in [7, 11) is 3.06. The summed E-state index contributed by atoms with van der Waals surface area (Å²) in [5.41, 5.74) is 1.64. The first kappa shape index (κ1) is 23.2. The molecule has 0 bridgehead atoms. The first-order valence-electron chi connectivity index (χ1n) is 9.15. The minimum Gasteiger partial charge on any atom is -0.497 e. The second-order valence-electron chi connectivity index (χ2n) is 6.67. The topological polar surface area (TPSA) is 73.3 Å². The van der Waals surface area contributed by atoms with E-state index in [0.717, 1.165) is 5.56 Å². The summed E-state index contributed by atoms with van der Waals surface area (Å²) in [5.74, 6) is 0.702.